The fourth-order valence-corrected chi connectivity index (χ4v) is 5.07. The number of sulfonamides is 1. The molecule has 0 radical (unpaired) electrons. The number of anilines is 1. The number of aryl methyl sites for hydroxylation is 1. The summed E-state index contributed by atoms with van der Waals surface area (Å²) in [4.78, 5) is 14.5. The monoisotopic (exact) mass is 409 g/mol. The Balaban J connectivity index is 1.81. The molecule has 158 valence electrons. The van der Waals surface area contributed by atoms with Gasteiger partial charge in [-0.3, -0.25) is 4.79 Å². The van der Waals surface area contributed by atoms with Gasteiger partial charge in [-0.25, -0.2) is 8.42 Å². The van der Waals surface area contributed by atoms with Crippen molar-refractivity contribution in [3.05, 3.63) is 29.8 Å². The SMILES string of the molecule is CCCC(CCC)C(=O)NCCS(=O)(=O)N1CCN(c2cccc(C)c2)CC1. The summed E-state index contributed by atoms with van der Waals surface area (Å²) in [6, 6.07) is 8.28. The van der Waals surface area contributed by atoms with Gasteiger partial charge in [0.15, 0.2) is 0 Å². The molecule has 0 aromatic heterocycles. The smallest absolute Gasteiger partial charge is 0.223 e. The highest BCUT2D eigenvalue weighted by Crippen LogP contribution is 2.19. The predicted molar refractivity (Wildman–Crippen MR) is 115 cm³/mol. The van der Waals surface area contributed by atoms with Gasteiger partial charge in [0, 0.05) is 44.3 Å². The average Bonchev–Trinajstić information content (AvgIpc) is 2.67. The van der Waals surface area contributed by atoms with Gasteiger partial charge in [-0.1, -0.05) is 38.8 Å². The summed E-state index contributed by atoms with van der Waals surface area (Å²) in [7, 11) is -3.35. The summed E-state index contributed by atoms with van der Waals surface area (Å²) in [5.74, 6) is -0.0486. The molecule has 1 aromatic rings. The number of benzene rings is 1. The van der Waals surface area contributed by atoms with Crippen LogP contribution < -0.4 is 10.2 Å². The van der Waals surface area contributed by atoms with Crippen LogP contribution in [-0.4, -0.2) is 57.1 Å². The fraction of sp³-hybridized carbons (Fsp3) is 0.667. The first-order chi connectivity index (χ1) is 13.4. The van der Waals surface area contributed by atoms with Crippen molar-refractivity contribution in [1.29, 1.82) is 0 Å². The van der Waals surface area contributed by atoms with E-state index in [0.29, 0.717) is 26.2 Å². The van der Waals surface area contributed by atoms with Crippen LogP contribution in [0.5, 0.6) is 0 Å². The first-order valence-electron chi connectivity index (χ1n) is 10.4. The third kappa shape index (κ3) is 6.48. The second-order valence-electron chi connectivity index (χ2n) is 7.61. The Morgan fingerprint density at radius 3 is 2.32 bits per heavy atom. The highest BCUT2D eigenvalue weighted by Gasteiger charge is 2.27. The number of nitrogens with one attached hydrogen (secondary N) is 1. The predicted octanol–water partition coefficient (Wildman–Crippen LogP) is 2.78. The molecule has 28 heavy (non-hydrogen) atoms. The van der Waals surface area contributed by atoms with Crippen LogP contribution in [0.15, 0.2) is 24.3 Å². The third-order valence-corrected chi connectivity index (χ3v) is 7.18. The van der Waals surface area contributed by atoms with Crippen LogP contribution in [0.1, 0.15) is 45.1 Å². The van der Waals surface area contributed by atoms with Crippen LogP contribution >= 0.6 is 0 Å². The Morgan fingerprint density at radius 1 is 1.11 bits per heavy atom. The Kier molecular flexibility index (Phi) is 8.76. The maximum Gasteiger partial charge on any atom is 0.223 e. The quantitative estimate of drug-likeness (QED) is 0.645. The molecule has 1 amide bonds. The minimum atomic E-state index is -3.35. The van der Waals surface area contributed by atoms with Gasteiger partial charge < -0.3 is 10.2 Å². The second kappa shape index (κ2) is 10.8. The Hall–Kier alpha value is -1.60. The topological polar surface area (TPSA) is 69.7 Å². The summed E-state index contributed by atoms with van der Waals surface area (Å²) in [5.41, 5.74) is 2.34. The molecule has 6 nitrogen and oxygen atoms in total. The molecule has 1 aliphatic heterocycles. The van der Waals surface area contributed by atoms with E-state index in [1.165, 1.54) is 5.56 Å². The Morgan fingerprint density at radius 2 is 1.75 bits per heavy atom. The van der Waals surface area contributed by atoms with Gasteiger partial charge >= 0.3 is 0 Å². The highest BCUT2D eigenvalue weighted by molar-refractivity contribution is 7.89. The van der Waals surface area contributed by atoms with Gasteiger partial charge in [0.25, 0.3) is 0 Å². The fourth-order valence-electron chi connectivity index (χ4n) is 3.73. The van der Waals surface area contributed by atoms with E-state index in [1.54, 1.807) is 4.31 Å². The van der Waals surface area contributed by atoms with E-state index in [4.69, 9.17) is 0 Å². The molecule has 0 aliphatic carbocycles. The molecule has 1 fully saturated rings. The normalized spacial score (nSPS) is 15.8. The van der Waals surface area contributed by atoms with E-state index in [2.05, 4.69) is 49.2 Å². The van der Waals surface area contributed by atoms with E-state index in [0.717, 1.165) is 31.4 Å². The van der Waals surface area contributed by atoms with E-state index in [-0.39, 0.29) is 24.1 Å². The molecule has 0 unspecified atom stereocenters. The molecule has 1 aliphatic rings. The van der Waals surface area contributed by atoms with E-state index in [1.807, 2.05) is 6.07 Å². The third-order valence-electron chi connectivity index (χ3n) is 5.30. The molecule has 0 saturated carbocycles. The van der Waals surface area contributed by atoms with Crippen LogP contribution in [0.2, 0.25) is 0 Å². The zero-order valence-corrected chi connectivity index (χ0v) is 18.3. The van der Waals surface area contributed by atoms with Crippen LogP contribution in [0.4, 0.5) is 5.69 Å². The lowest BCUT2D eigenvalue weighted by Crippen LogP contribution is -2.50. The van der Waals surface area contributed by atoms with Gasteiger partial charge in [-0.2, -0.15) is 4.31 Å². The summed E-state index contributed by atoms with van der Waals surface area (Å²) in [5, 5.41) is 2.83. The standard InChI is InChI=1S/C21H35N3O3S/c1-4-7-19(8-5-2)21(25)22-11-16-28(26,27)24-14-12-23(13-15-24)20-10-6-9-18(3)17-20/h6,9-10,17,19H,4-5,7-8,11-16H2,1-3H3,(H,22,25). The first kappa shape index (κ1) is 22.7. The Bertz CT molecular complexity index is 722. The van der Waals surface area contributed by atoms with Crippen molar-refractivity contribution in [3.63, 3.8) is 0 Å². The lowest BCUT2D eigenvalue weighted by Gasteiger charge is -2.35. The van der Waals surface area contributed by atoms with Crippen molar-refractivity contribution < 1.29 is 13.2 Å². The van der Waals surface area contributed by atoms with Gasteiger partial charge in [0.2, 0.25) is 15.9 Å². The molecule has 1 saturated heterocycles. The van der Waals surface area contributed by atoms with Crippen LogP contribution in [0.3, 0.4) is 0 Å². The lowest BCUT2D eigenvalue weighted by atomic mass is 9.97. The zero-order chi connectivity index (χ0) is 20.6. The number of carbonyl (C=O) groups is 1. The largest absolute Gasteiger partial charge is 0.369 e. The number of nitrogens with zero attached hydrogens (tertiary/aromatic N) is 2. The minimum Gasteiger partial charge on any atom is -0.369 e. The Labute approximate surface area is 170 Å². The molecule has 0 spiro atoms. The number of rotatable bonds is 10. The van der Waals surface area contributed by atoms with Gasteiger partial charge in [-0.05, 0) is 37.5 Å². The van der Waals surface area contributed by atoms with Crippen LogP contribution in [0.25, 0.3) is 0 Å². The van der Waals surface area contributed by atoms with Crippen molar-refractivity contribution in [2.24, 2.45) is 5.92 Å². The van der Waals surface area contributed by atoms with Crippen molar-refractivity contribution in [1.82, 2.24) is 9.62 Å². The lowest BCUT2D eigenvalue weighted by molar-refractivity contribution is -0.125. The second-order valence-corrected chi connectivity index (χ2v) is 9.69. The minimum absolute atomic E-state index is 0.00409. The highest BCUT2D eigenvalue weighted by atomic mass is 32.2. The van der Waals surface area contributed by atoms with E-state index < -0.39 is 10.0 Å². The molecular formula is C21H35N3O3S. The van der Waals surface area contributed by atoms with E-state index in [9.17, 15) is 13.2 Å². The maximum atomic E-state index is 12.6. The number of amides is 1. The summed E-state index contributed by atoms with van der Waals surface area (Å²) in [6.07, 6.45) is 3.63. The molecular weight excluding hydrogens is 374 g/mol. The number of carbonyl (C=O) groups excluding carboxylic acids is 1. The number of hydrogen-bond donors (Lipinski definition) is 1. The molecule has 1 N–H and O–H groups in total. The number of hydrogen-bond acceptors (Lipinski definition) is 4. The van der Waals surface area contributed by atoms with Crippen molar-refractivity contribution >= 4 is 21.6 Å². The molecule has 0 atom stereocenters. The van der Waals surface area contributed by atoms with Gasteiger partial charge in [-0.15, -0.1) is 0 Å². The molecule has 0 bridgehead atoms. The summed E-state index contributed by atoms with van der Waals surface area (Å²) < 4.78 is 26.8. The van der Waals surface area contributed by atoms with Crippen LogP contribution in [0, 0.1) is 12.8 Å². The molecule has 1 heterocycles. The van der Waals surface area contributed by atoms with Crippen molar-refractivity contribution in [2.75, 3.05) is 43.4 Å². The molecule has 7 heteroatoms. The maximum absolute atomic E-state index is 12.6. The first-order valence-corrected chi connectivity index (χ1v) is 12.1. The average molecular weight is 410 g/mol. The van der Waals surface area contributed by atoms with Gasteiger partial charge in [0.1, 0.15) is 0 Å². The number of piperazine rings is 1. The van der Waals surface area contributed by atoms with Gasteiger partial charge in [0.05, 0.1) is 5.75 Å². The van der Waals surface area contributed by atoms with Crippen LogP contribution in [-0.2, 0) is 14.8 Å². The molecule has 1 aromatic carbocycles. The van der Waals surface area contributed by atoms with E-state index >= 15 is 0 Å². The van der Waals surface area contributed by atoms with Crippen molar-refractivity contribution in [2.45, 2.75) is 46.5 Å². The zero-order valence-electron chi connectivity index (χ0n) is 17.5. The molecule has 2 rings (SSSR count). The summed E-state index contributed by atoms with van der Waals surface area (Å²) in [6.45, 7) is 8.71. The summed E-state index contributed by atoms with van der Waals surface area (Å²) >= 11 is 0. The van der Waals surface area contributed by atoms with Crippen molar-refractivity contribution in [3.8, 4) is 0 Å².